The van der Waals surface area contributed by atoms with Gasteiger partial charge >= 0.3 is 0 Å². The SMILES string of the molecule is Cn1c(Cc2nnc3n2C[C@H]2CC[C@@H]3O2)nc2ccccc21. The molecule has 5 rings (SSSR count). The van der Waals surface area contributed by atoms with Crippen molar-refractivity contribution in [1.29, 1.82) is 0 Å². The first-order valence-electron chi connectivity index (χ1n) is 7.77. The van der Waals surface area contributed by atoms with Gasteiger partial charge in [-0.1, -0.05) is 12.1 Å². The molecule has 22 heavy (non-hydrogen) atoms. The van der Waals surface area contributed by atoms with E-state index in [1.54, 1.807) is 0 Å². The van der Waals surface area contributed by atoms with Crippen molar-refractivity contribution in [3.63, 3.8) is 0 Å². The molecule has 0 spiro atoms. The molecular formula is C16H17N5O. The monoisotopic (exact) mass is 295 g/mol. The van der Waals surface area contributed by atoms with Crippen molar-refractivity contribution < 1.29 is 4.74 Å². The minimum atomic E-state index is 0.139. The van der Waals surface area contributed by atoms with Gasteiger partial charge in [-0.15, -0.1) is 10.2 Å². The standard InChI is InChI=1S/C16H17N5O/c1-20-12-5-3-2-4-11(12)17-14(20)8-15-18-19-16-13-7-6-10(22-13)9-21(15)16/h2-5,10,13H,6-9H2,1H3/t10-,13+/m1/s1. The van der Waals surface area contributed by atoms with Gasteiger partial charge in [0.15, 0.2) is 5.82 Å². The van der Waals surface area contributed by atoms with Gasteiger partial charge in [0.05, 0.1) is 30.1 Å². The first-order valence-corrected chi connectivity index (χ1v) is 7.77. The second kappa shape index (κ2) is 4.39. The number of nitrogens with zero attached hydrogens (tertiary/aromatic N) is 5. The Bertz CT molecular complexity index is 865. The lowest BCUT2D eigenvalue weighted by molar-refractivity contribution is 0.00519. The molecule has 2 aliphatic heterocycles. The third kappa shape index (κ3) is 1.67. The van der Waals surface area contributed by atoms with E-state index in [0.29, 0.717) is 12.5 Å². The number of aromatic nitrogens is 5. The van der Waals surface area contributed by atoms with Crippen LogP contribution in [0, 0.1) is 0 Å². The largest absolute Gasteiger partial charge is 0.365 e. The normalized spacial score (nSPS) is 23.1. The molecule has 0 N–H and O–H groups in total. The molecule has 0 aliphatic carbocycles. The number of hydrogen-bond donors (Lipinski definition) is 0. The molecule has 6 nitrogen and oxygen atoms in total. The van der Waals surface area contributed by atoms with Gasteiger partial charge in [0, 0.05) is 7.05 Å². The van der Waals surface area contributed by atoms with Crippen LogP contribution in [0.3, 0.4) is 0 Å². The highest BCUT2D eigenvalue weighted by molar-refractivity contribution is 5.75. The zero-order valence-corrected chi connectivity index (χ0v) is 12.4. The third-order valence-corrected chi connectivity index (χ3v) is 4.83. The Balaban J connectivity index is 1.55. The molecule has 2 bridgehead atoms. The van der Waals surface area contributed by atoms with Crippen molar-refractivity contribution in [2.24, 2.45) is 7.05 Å². The van der Waals surface area contributed by atoms with E-state index in [0.717, 1.165) is 47.9 Å². The summed E-state index contributed by atoms with van der Waals surface area (Å²) in [6, 6.07) is 8.21. The van der Waals surface area contributed by atoms with E-state index in [-0.39, 0.29) is 6.10 Å². The Morgan fingerprint density at radius 3 is 3.00 bits per heavy atom. The van der Waals surface area contributed by atoms with Gasteiger partial charge in [-0.05, 0) is 25.0 Å². The Morgan fingerprint density at radius 1 is 1.18 bits per heavy atom. The van der Waals surface area contributed by atoms with Crippen LogP contribution in [0.15, 0.2) is 24.3 Å². The molecule has 0 amide bonds. The summed E-state index contributed by atoms with van der Waals surface area (Å²) in [6.07, 6.45) is 3.36. The van der Waals surface area contributed by atoms with E-state index in [4.69, 9.17) is 9.72 Å². The fourth-order valence-corrected chi connectivity index (χ4v) is 3.65. The molecule has 2 aromatic heterocycles. The molecule has 0 radical (unpaired) electrons. The van der Waals surface area contributed by atoms with E-state index in [9.17, 15) is 0 Å². The lowest BCUT2D eigenvalue weighted by Crippen LogP contribution is -2.25. The van der Waals surface area contributed by atoms with E-state index >= 15 is 0 Å². The van der Waals surface area contributed by atoms with Crippen molar-refractivity contribution in [2.75, 3.05) is 0 Å². The van der Waals surface area contributed by atoms with Gasteiger partial charge in [0.2, 0.25) is 0 Å². The molecule has 4 heterocycles. The van der Waals surface area contributed by atoms with Crippen LogP contribution in [-0.2, 0) is 24.8 Å². The van der Waals surface area contributed by atoms with Gasteiger partial charge < -0.3 is 13.9 Å². The summed E-state index contributed by atoms with van der Waals surface area (Å²) in [5, 5.41) is 8.77. The highest BCUT2D eigenvalue weighted by Gasteiger charge is 2.36. The van der Waals surface area contributed by atoms with Crippen LogP contribution in [0.1, 0.15) is 36.4 Å². The smallest absolute Gasteiger partial charge is 0.162 e. The van der Waals surface area contributed by atoms with Gasteiger partial charge in [0.1, 0.15) is 17.8 Å². The van der Waals surface area contributed by atoms with Crippen LogP contribution < -0.4 is 0 Å². The summed E-state index contributed by atoms with van der Waals surface area (Å²) >= 11 is 0. The lowest BCUT2D eigenvalue weighted by atomic mass is 10.2. The summed E-state index contributed by atoms with van der Waals surface area (Å²) in [5.74, 6) is 3.01. The summed E-state index contributed by atoms with van der Waals surface area (Å²) < 4.78 is 10.3. The molecule has 112 valence electrons. The van der Waals surface area contributed by atoms with E-state index in [1.807, 2.05) is 18.2 Å². The number of para-hydroxylation sites is 2. The number of rotatable bonds is 2. The number of imidazole rings is 1. The van der Waals surface area contributed by atoms with Crippen molar-refractivity contribution in [1.82, 2.24) is 24.3 Å². The highest BCUT2D eigenvalue weighted by atomic mass is 16.5. The average molecular weight is 295 g/mol. The Hall–Kier alpha value is -2.21. The minimum absolute atomic E-state index is 0.139. The number of hydrogen-bond acceptors (Lipinski definition) is 4. The second-order valence-corrected chi connectivity index (χ2v) is 6.16. The number of aryl methyl sites for hydroxylation is 1. The zero-order valence-electron chi connectivity index (χ0n) is 12.4. The van der Waals surface area contributed by atoms with Crippen molar-refractivity contribution >= 4 is 11.0 Å². The van der Waals surface area contributed by atoms with E-state index in [1.165, 1.54) is 0 Å². The lowest BCUT2D eigenvalue weighted by Gasteiger charge is -2.22. The Labute approximate surface area is 127 Å². The topological polar surface area (TPSA) is 57.8 Å². The first kappa shape index (κ1) is 12.3. The van der Waals surface area contributed by atoms with Crippen molar-refractivity contribution in [3.8, 4) is 0 Å². The highest BCUT2D eigenvalue weighted by Crippen LogP contribution is 2.37. The molecular weight excluding hydrogens is 278 g/mol. The molecule has 2 aliphatic rings. The van der Waals surface area contributed by atoms with Gasteiger partial charge in [-0.25, -0.2) is 4.98 Å². The van der Waals surface area contributed by atoms with Gasteiger partial charge in [-0.2, -0.15) is 0 Å². The first-order chi connectivity index (χ1) is 10.8. The Kier molecular flexibility index (Phi) is 2.47. The average Bonchev–Trinajstić information content (AvgIpc) is 3.20. The molecule has 1 fully saturated rings. The minimum Gasteiger partial charge on any atom is -0.365 e. The number of fused-ring (bicyclic) bond motifs is 5. The van der Waals surface area contributed by atoms with Crippen molar-refractivity contribution in [2.45, 2.75) is 38.0 Å². The molecule has 0 unspecified atom stereocenters. The Morgan fingerprint density at radius 2 is 2.09 bits per heavy atom. The fraction of sp³-hybridized carbons (Fsp3) is 0.438. The molecule has 1 saturated heterocycles. The fourth-order valence-electron chi connectivity index (χ4n) is 3.65. The van der Waals surface area contributed by atoms with Crippen LogP contribution >= 0.6 is 0 Å². The van der Waals surface area contributed by atoms with Crippen molar-refractivity contribution in [3.05, 3.63) is 41.7 Å². The second-order valence-electron chi connectivity index (χ2n) is 6.16. The maximum atomic E-state index is 5.91. The summed E-state index contributed by atoms with van der Waals surface area (Å²) in [6.45, 7) is 0.873. The van der Waals surface area contributed by atoms with Crippen LogP contribution in [0.25, 0.3) is 11.0 Å². The number of ether oxygens (including phenoxy) is 1. The summed E-state index contributed by atoms with van der Waals surface area (Å²) in [4.78, 5) is 4.74. The van der Waals surface area contributed by atoms with Gasteiger partial charge in [0.25, 0.3) is 0 Å². The molecule has 3 aromatic rings. The molecule has 1 aromatic carbocycles. The predicted octanol–water partition coefficient (Wildman–Crippen LogP) is 1.99. The maximum absolute atomic E-state index is 5.91. The molecule has 2 atom stereocenters. The van der Waals surface area contributed by atoms with E-state index in [2.05, 4.69) is 32.4 Å². The molecule has 6 heteroatoms. The van der Waals surface area contributed by atoms with Crippen LogP contribution in [-0.4, -0.2) is 30.4 Å². The van der Waals surface area contributed by atoms with Crippen LogP contribution in [0.2, 0.25) is 0 Å². The summed E-state index contributed by atoms with van der Waals surface area (Å²) in [5.41, 5.74) is 2.18. The van der Waals surface area contributed by atoms with Crippen LogP contribution in [0.5, 0.6) is 0 Å². The van der Waals surface area contributed by atoms with Crippen LogP contribution in [0.4, 0.5) is 0 Å². The molecule has 0 saturated carbocycles. The predicted molar refractivity (Wildman–Crippen MR) is 80.4 cm³/mol. The zero-order chi connectivity index (χ0) is 14.7. The summed E-state index contributed by atoms with van der Waals surface area (Å²) in [7, 11) is 2.06. The maximum Gasteiger partial charge on any atom is 0.162 e. The van der Waals surface area contributed by atoms with Gasteiger partial charge in [-0.3, -0.25) is 0 Å². The third-order valence-electron chi connectivity index (χ3n) is 4.83. The van der Waals surface area contributed by atoms with E-state index < -0.39 is 0 Å². The quantitative estimate of drug-likeness (QED) is 0.725. The number of benzene rings is 1.